The molecule has 1 aliphatic heterocycles. The van der Waals surface area contributed by atoms with Crippen LogP contribution in [-0.2, 0) is 0 Å². The van der Waals surface area contributed by atoms with E-state index in [-0.39, 0.29) is 16.8 Å². The molecule has 1 saturated heterocycles. The summed E-state index contributed by atoms with van der Waals surface area (Å²) in [5.74, 6) is 1.30. The Bertz CT molecular complexity index is 1030. The molecule has 0 amide bonds. The molecular formula is C25H36N6O2. The van der Waals surface area contributed by atoms with E-state index in [1.54, 1.807) is 32.5 Å². The molecule has 3 rings (SSSR count). The molecule has 0 saturated carbocycles. The Morgan fingerprint density at radius 3 is 2.39 bits per heavy atom. The second-order valence-corrected chi connectivity index (χ2v) is 9.92. The maximum atomic E-state index is 10.8. The topological polar surface area (TPSA) is 109 Å². The van der Waals surface area contributed by atoms with Crippen molar-refractivity contribution in [3.8, 4) is 22.8 Å². The summed E-state index contributed by atoms with van der Waals surface area (Å²) in [6.07, 6.45) is 5.07. The van der Waals surface area contributed by atoms with Gasteiger partial charge >= 0.3 is 0 Å². The van der Waals surface area contributed by atoms with Gasteiger partial charge in [-0.15, -0.1) is 10.2 Å². The monoisotopic (exact) mass is 452 g/mol. The summed E-state index contributed by atoms with van der Waals surface area (Å²) in [7, 11) is 5.28. The van der Waals surface area contributed by atoms with Crippen LogP contribution in [0.2, 0.25) is 0 Å². The van der Waals surface area contributed by atoms with E-state index in [0.717, 1.165) is 18.7 Å². The van der Waals surface area contributed by atoms with Gasteiger partial charge in [0.25, 0.3) is 0 Å². The molecule has 0 atom stereocenters. The van der Waals surface area contributed by atoms with E-state index in [1.165, 1.54) is 6.20 Å². The second kappa shape index (κ2) is 9.39. The Morgan fingerprint density at radius 2 is 1.88 bits per heavy atom. The highest BCUT2D eigenvalue weighted by Gasteiger charge is 2.39. The Labute approximate surface area is 196 Å². The average Bonchev–Trinajstić information content (AvgIpc) is 2.74. The van der Waals surface area contributed by atoms with Crippen molar-refractivity contribution in [2.75, 3.05) is 26.1 Å². The van der Waals surface area contributed by atoms with Gasteiger partial charge in [0, 0.05) is 49.2 Å². The normalized spacial score (nSPS) is 18.5. The van der Waals surface area contributed by atoms with Crippen molar-refractivity contribution in [3.05, 3.63) is 36.0 Å². The molecule has 178 valence electrons. The fourth-order valence-corrected chi connectivity index (χ4v) is 4.91. The number of anilines is 1. The number of nitrogens with zero attached hydrogens (tertiary/aromatic N) is 4. The van der Waals surface area contributed by atoms with Gasteiger partial charge in [0.15, 0.2) is 5.82 Å². The van der Waals surface area contributed by atoms with Crippen molar-refractivity contribution >= 4 is 17.6 Å². The van der Waals surface area contributed by atoms with Crippen molar-refractivity contribution in [1.82, 2.24) is 15.5 Å². The van der Waals surface area contributed by atoms with Crippen LogP contribution in [-0.4, -0.2) is 59.8 Å². The second-order valence-electron chi connectivity index (χ2n) is 9.92. The van der Waals surface area contributed by atoms with E-state index in [1.807, 2.05) is 12.1 Å². The van der Waals surface area contributed by atoms with E-state index >= 15 is 0 Å². The zero-order valence-electron chi connectivity index (χ0n) is 20.7. The highest BCUT2D eigenvalue weighted by Crippen LogP contribution is 2.40. The fourth-order valence-electron chi connectivity index (χ4n) is 4.91. The number of aliphatic imine (C=N–C) groups is 1. The van der Waals surface area contributed by atoms with Gasteiger partial charge in [-0.2, -0.15) is 0 Å². The van der Waals surface area contributed by atoms with Crippen LogP contribution in [0.3, 0.4) is 0 Å². The number of methoxy groups -OCH3 is 1. The third-order valence-corrected chi connectivity index (χ3v) is 6.07. The lowest BCUT2D eigenvalue weighted by Gasteiger charge is -2.49. The molecule has 33 heavy (non-hydrogen) atoms. The van der Waals surface area contributed by atoms with E-state index in [4.69, 9.17) is 10.5 Å². The number of phenolic OH excluding ortho intramolecular Hbond substituents is 1. The molecular weight excluding hydrogens is 416 g/mol. The van der Waals surface area contributed by atoms with Crippen molar-refractivity contribution in [3.63, 3.8) is 0 Å². The predicted octanol–water partition coefficient (Wildman–Crippen LogP) is 3.60. The number of aromatic hydroxyl groups is 1. The molecule has 2 aromatic rings. The average molecular weight is 453 g/mol. The lowest BCUT2D eigenvalue weighted by Crippen LogP contribution is -2.62. The van der Waals surface area contributed by atoms with E-state index < -0.39 is 0 Å². The van der Waals surface area contributed by atoms with Crippen LogP contribution < -0.4 is 20.7 Å². The Morgan fingerprint density at radius 1 is 1.21 bits per heavy atom. The zero-order valence-corrected chi connectivity index (χ0v) is 20.7. The molecule has 1 aliphatic rings. The number of piperidine rings is 1. The fraction of sp³-hybridized carbons (Fsp3) is 0.480. The molecule has 8 heteroatoms. The van der Waals surface area contributed by atoms with E-state index in [9.17, 15) is 5.11 Å². The summed E-state index contributed by atoms with van der Waals surface area (Å²) in [5.41, 5.74) is 8.17. The maximum absolute atomic E-state index is 10.8. The summed E-state index contributed by atoms with van der Waals surface area (Å²) >= 11 is 0. The quantitative estimate of drug-likeness (QED) is 0.575. The molecule has 8 nitrogen and oxygen atoms in total. The predicted molar refractivity (Wildman–Crippen MR) is 135 cm³/mol. The van der Waals surface area contributed by atoms with Crippen LogP contribution >= 0.6 is 0 Å². The number of nitrogens with one attached hydrogen (secondary N) is 1. The molecule has 0 bridgehead atoms. The molecule has 0 radical (unpaired) electrons. The third-order valence-electron chi connectivity index (χ3n) is 6.07. The number of allylic oxidation sites excluding steroid dienone is 1. The van der Waals surface area contributed by atoms with Gasteiger partial charge in [-0.25, -0.2) is 0 Å². The number of benzene rings is 1. The lowest BCUT2D eigenvalue weighted by molar-refractivity contribution is 0.160. The summed E-state index contributed by atoms with van der Waals surface area (Å²) in [6.45, 7) is 8.94. The van der Waals surface area contributed by atoms with Crippen LogP contribution in [0.5, 0.6) is 11.5 Å². The molecule has 1 fully saturated rings. The van der Waals surface area contributed by atoms with Gasteiger partial charge < -0.3 is 25.8 Å². The summed E-state index contributed by atoms with van der Waals surface area (Å²) in [5, 5.41) is 23.4. The third kappa shape index (κ3) is 5.45. The van der Waals surface area contributed by atoms with Crippen LogP contribution in [0.15, 0.2) is 35.5 Å². The maximum Gasteiger partial charge on any atom is 0.151 e. The molecule has 4 N–H and O–H groups in total. The Kier molecular flexibility index (Phi) is 6.97. The number of rotatable bonds is 6. The van der Waals surface area contributed by atoms with Crippen LogP contribution in [0.1, 0.15) is 46.1 Å². The van der Waals surface area contributed by atoms with Gasteiger partial charge in [0.05, 0.1) is 12.7 Å². The number of aromatic nitrogens is 2. The highest BCUT2D eigenvalue weighted by atomic mass is 16.5. The number of nitrogens with two attached hydrogens (primary N) is 1. The van der Waals surface area contributed by atoms with Crippen molar-refractivity contribution < 1.29 is 9.84 Å². The van der Waals surface area contributed by atoms with Crippen LogP contribution in [0, 0.1) is 0 Å². The number of ether oxygens (including phenoxy) is 1. The minimum Gasteiger partial charge on any atom is -0.507 e. The smallest absolute Gasteiger partial charge is 0.151 e. The van der Waals surface area contributed by atoms with Gasteiger partial charge in [-0.3, -0.25) is 4.99 Å². The van der Waals surface area contributed by atoms with Crippen LogP contribution in [0.4, 0.5) is 5.82 Å². The summed E-state index contributed by atoms with van der Waals surface area (Å²) in [6, 6.07) is 7.56. The van der Waals surface area contributed by atoms with Gasteiger partial charge in [-0.1, -0.05) is 0 Å². The largest absolute Gasteiger partial charge is 0.507 e. The molecule has 1 aromatic carbocycles. The minimum atomic E-state index is 0.0328. The number of hydrogen-bond acceptors (Lipinski definition) is 8. The first-order valence-electron chi connectivity index (χ1n) is 11.1. The first kappa shape index (κ1) is 24.5. The minimum absolute atomic E-state index is 0.0328. The number of hydrogen-bond donors (Lipinski definition) is 3. The van der Waals surface area contributed by atoms with E-state index in [2.05, 4.69) is 60.1 Å². The first-order chi connectivity index (χ1) is 15.5. The summed E-state index contributed by atoms with van der Waals surface area (Å²) in [4.78, 5) is 6.20. The van der Waals surface area contributed by atoms with Gasteiger partial charge in [-0.05, 0) is 70.4 Å². The number of phenols is 1. The van der Waals surface area contributed by atoms with E-state index in [0.29, 0.717) is 34.2 Å². The van der Waals surface area contributed by atoms with Crippen molar-refractivity contribution in [2.45, 2.75) is 57.7 Å². The first-order valence-corrected chi connectivity index (χ1v) is 11.1. The summed E-state index contributed by atoms with van der Waals surface area (Å²) < 4.78 is 5.56. The molecule has 0 spiro atoms. The molecule has 2 heterocycles. The Hall–Kier alpha value is -3.13. The van der Waals surface area contributed by atoms with Crippen LogP contribution in [0.25, 0.3) is 16.8 Å². The molecule has 0 aliphatic carbocycles. The lowest BCUT2D eigenvalue weighted by atomic mass is 9.79. The molecule has 1 aromatic heterocycles. The van der Waals surface area contributed by atoms with Crippen molar-refractivity contribution in [2.24, 2.45) is 10.7 Å². The highest BCUT2D eigenvalue weighted by molar-refractivity contribution is 6.10. The Balaban J connectivity index is 1.91. The zero-order chi connectivity index (χ0) is 24.4. The van der Waals surface area contributed by atoms with Gasteiger partial charge in [0.2, 0.25) is 0 Å². The molecule has 0 unspecified atom stereocenters. The van der Waals surface area contributed by atoms with Crippen molar-refractivity contribution in [1.29, 1.82) is 0 Å². The standard InChI is InChI=1S/C25H36N6O2/c1-24(2)12-18(13-25(3,4)30-24)31(6)22-9-8-19(28-29-22)23-20(32)10-16(11-21(23)33-7)17(14-26)15-27-5/h8-11,14-15,18,30,32H,12-13,26H2,1-7H3. The van der Waals surface area contributed by atoms with Gasteiger partial charge in [0.1, 0.15) is 17.2 Å². The SMILES string of the molecule is CN=CC(=CN)c1cc(O)c(-c2ccc(N(C)C3CC(C)(C)NC(C)(C)C3)nn2)c(OC)c1.